The van der Waals surface area contributed by atoms with Crippen LogP contribution in [-0.4, -0.2) is 30.4 Å². The Morgan fingerprint density at radius 3 is 2.78 bits per heavy atom. The molecule has 6 nitrogen and oxygen atoms in total. The lowest BCUT2D eigenvalue weighted by molar-refractivity contribution is -0.116. The minimum atomic E-state index is 0. The van der Waals surface area contributed by atoms with Gasteiger partial charge in [0.15, 0.2) is 5.96 Å². The van der Waals surface area contributed by atoms with Crippen LogP contribution in [0.1, 0.15) is 36.0 Å². The van der Waals surface area contributed by atoms with Crippen LogP contribution in [0.5, 0.6) is 0 Å². The second-order valence-corrected chi connectivity index (χ2v) is 7.02. The first-order chi connectivity index (χ1) is 12.6. The highest BCUT2D eigenvalue weighted by molar-refractivity contribution is 14.0. The van der Waals surface area contributed by atoms with Gasteiger partial charge in [0, 0.05) is 44.0 Å². The van der Waals surface area contributed by atoms with Crippen LogP contribution in [0, 0.1) is 6.92 Å². The highest BCUT2D eigenvalue weighted by Crippen LogP contribution is 2.11. The number of guanidine groups is 1. The predicted octanol–water partition coefficient (Wildman–Crippen LogP) is 3.72. The van der Waals surface area contributed by atoms with E-state index >= 15 is 0 Å². The van der Waals surface area contributed by atoms with Crippen LogP contribution >= 0.6 is 35.3 Å². The van der Waals surface area contributed by atoms with E-state index < -0.39 is 0 Å². The van der Waals surface area contributed by atoms with E-state index in [0.29, 0.717) is 13.0 Å². The minimum Gasteiger partial charge on any atom is -0.356 e. The van der Waals surface area contributed by atoms with Crippen LogP contribution < -0.4 is 16.0 Å². The van der Waals surface area contributed by atoms with Gasteiger partial charge in [0.1, 0.15) is 0 Å². The second kappa shape index (κ2) is 12.7. The van der Waals surface area contributed by atoms with Crippen LogP contribution in [0.4, 0.5) is 5.69 Å². The third-order valence-electron chi connectivity index (χ3n) is 3.71. The largest absolute Gasteiger partial charge is 0.356 e. The van der Waals surface area contributed by atoms with E-state index in [-0.39, 0.29) is 29.9 Å². The molecule has 1 aromatic heterocycles. The zero-order valence-corrected chi connectivity index (χ0v) is 19.2. The van der Waals surface area contributed by atoms with Crippen molar-refractivity contribution in [3.63, 3.8) is 0 Å². The SMILES string of the molecule is CCCC(=O)Nc1cccc(CNC(=NC)NCCc2csc(C)n2)c1.I. The number of benzene rings is 1. The Labute approximate surface area is 182 Å². The number of nitrogens with one attached hydrogen (secondary N) is 3. The number of thiazole rings is 1. The summed E-state index contributed by atoms with van der Waals surface area (Å²) in [6.45, 7) is 5.41. The van der Waals surface area contributed by atoms with Gasteiger partial charge >= 0.3 is 0 Å². The van der Waals surface area contributed by atoms with Crippen molar-refractivity contribution in [3.8, 4) is 0 Å². The average molecular weight is 501 g/mol. The van der Waals surface area contributed by atoms with E-state index in [1.807, 2.05) is 38.1 Å². The molecule has 27 heavy (non-hydrogen) atoms. The first kappa shape index (κ1) is 23.4. The molecule has 0 saturated heterocycles. The van der Waals surface area contributed by atoms with Crippen LogP contribution in [-0.2, 0) is 17.8 Å². The van der Waals surface area contributed by atoms with Crippen molar-refractivity contribution in [2.45, 2.75) is 39.7 Å². The summed E-state index contributed by atoms with van der Waals surface area (Å²) in [4.78, 5) is 20.4. The summed E-state index contributed by atoms with van der Waals surface area (Å²) in [5.41, 5.74) is 3.01. The van der Waals surface area contributed by atoms with E-state index in [1.54, 1.807) is 18.4 Å². The summed E-state index contributed by atoms with van der Waals surface area (Å²) in [7, 11) is 1.75. The molecule has 0 unspecified atom stereocenters. The number of nitrogens with zero attached hydrogens (tertiary/aromatic N) is 2. The van der Waals surface area contributed by atoms with Gasteiger partial charge in [-0.1, -0.05) is 19.1 Å². The standard InChI is InChI=1S/C19H27N5OS.HI/c1-4-6-18(25)24-16-8-5-7-15(11-16)12-22-19(20-3)21-10-9-17-13-26-14(2)23-17;/h5,7-8,11,13H,4,6,9-10,12H2,1-3H3,(H,24,25)(H2,20,21,22);1H. The third-order valence-corrected chi connectivity index (χ3v) is 4.53. The van der Waals surface area contributed by atoms with E-state index in [0.717, 1.165) is 47.3 Å². The van der Waals surface area contributed by atoms with E-state index in [2.05, 4.69) is 31.3 Å². The minimum absolute atomic E-state index is 0. The number of hydrogen-bond donors (Lipinski definition) is 3. The molecule has 0 bridgehead atoms. The molecule has 0 aliphatic rings. The normalized spacial score (nSPS) is 10.9. The number of aromatic nitrogens is 1. The first-order valence-corrected chi connectivity index (χ1v) is 9.73. The van der Waals surface area contributed by atoms with Crippen molar-refractivity contribution >= 4 is 52.9 Å². The van der Waals surface area contributed by atoms with Crippen molar-refractivity contribution in [1.29, 1.82) is 0 Å². The van der Waals surface area contributed by atoms with Gasteiger partial charge in [-0.2, -0.15) is 0 Å². The first-order valence-electron chi connectivity index (χ1n) is 8.85. The summed E-state index contributed by atoms with van der Waals surface area (Å²) in [6, 6.07) is 7.85. The molecule has 3 N–H and O–H groups in total. The molecule has 148 valence electrons. The predicted molar refractivity (Wildman–Crippen MR) is 124 cm³/mol. The fraction of sp³-hybridized carbons (Fsp3) is 0.421. The van der Waals surface area contributed by atoms with Crippen molar-refractivity contribution in [3.05, 3.63) is 45.9 Å². The van der Waals surface area contributed by atoms with E-state index in [4.69, 9.17) is 0 Å². The number of hydrogen-bond acceptors (Lipinski definition) is 4. The van der Waals surface area contributed by atoms with Gasteiger partial charge in [0.2, 0.25) is 5.91 Å². The number of aliphatic imine (C=N–C) groups is 1. The van der Waals surface area contributed by atoms with Gasteiger partial charge in [-0.05, 0) is 31.0 Å². The van der Waals surface area contributed by atoms with Gasteiger partial charge < -0.3 is 16.0 Å². The lowest BCUT2D eigenvalue weighted by Crippen LogP contribution is -2.37. The number of rotatable bonds is 8. The molecule has 0 aliphatic carbocycles. The molecule has 2 aromatic rings. The summed E-state index contributed by atoms with van der Waals surface area (Å²) in [6.07, 6.45) is 2.25. The average Bonchev–Trinajstić information content (AvgIpc) is 3.03. The van der Waals surface area contributed by atoms with Crippen LogP contribution in [0.15, 0.2) is 34.6 Å². The summed E-state index contributed by atoms with van der Waals surface area (Å²) < 4.78 is 0. The van der Waals surface area contributed by atoms with Crippen LogP contribution in [0.25, 0.3) is 0 Å². The molecular weight excluding hydrogens is 473 g/mol. The Balaban J connectivity index is 0.00000364. The maximum Gasteiger partial charge on any atom is 0.224 e. The summed E-state index contributed by atoms with van der Waals surface area (Å²) in [5, 5.41) is 12.7. The quantitative estimate of drug-likeness (QED) is 0.293. The number of carbonyl (C=O) groups excluding carboxylic acids is 1. The molecule has 0 atom stereocenters. The third kappa shape index (κ3) is 8.70. The fourth-order valence-corrected chi connectivity index (χ4v) is 3.10. The molecule has 0 spiro atoms. The number of carbonyl (C=O) groups is 1. The number of anilines is 1. The van der Waals surface area contributed by atoms with E-state index in [9.17, 15) is 4.79 Å². The zero-order chi connectivity index (χ0) is 18.8. The maximum atomic E-state index is 11.7. The molecule has 0 radical (unpaired) electrons. The number of aryl methyl sites for hydroxylation is 1. The van der Waals surface area contributed by atoms with Crippen molar-refractivity contribution in [1.82, 2.24) is 15.6 Å². The van der Waals surface area contributed by atoms with Crippen molar-refractivity contribution in [2.24, 2.45) is 4.99 Å². The van der Waals surface area contributed by atoms with Gasteiger partial charge in [-0.15, -0.1) is 35.3 Å². The Kier molecular flexibility index (Phi) is 11.0. The number of halogens is 1. The topological polar surface area (TPSA) is 78.4 Å². The Morgan fingerprint density at radius 2 is 2.11 bits per heavy atom. The fourth-order valence-electron chi connectivity index (χ4n) is 2.45. The smallest absolute Gasteiger partial charge is 0.224 e. The molecule has 8 heteroatoms. The monoisotopic (exact) mass is 501 g/mol. The molecule has 0 saturated carbocycles. The molecule has 2 rings (SSSR count). The number of amides is 1. The second-order valence-electron chi connectivity index (χ2n) is 5.96. The van der Waals surface area contributed by atoms with E-state index in [1.165, 1.54) is 0 Å². The molecule has 1 amide bonds. The highest BCUT2D eigenvalue weighted by atomic mass is 127. The lowest BCUT2D eigenvalue weighted by Gasteiger charge is -2.12. The van der Waals surface area contributed by atoms with Crippen molar-refractivity contribution < 1.29 is 4.79 Å². The van der Waals surface area contributed by atoms with Crippen LogP contribution in [0.3, 0.4) is 0 Å². The molecule has 0 aliphatic heterocycles. The Morgan fingerprint density at radius 1 is 1.30 bits per heavy atom. The molecular formula is C19H28IN5OS. The Bertz CT molecular complexity index is 747. The van der Waals surface area contributed by atoms with Gasteiger partial charge in [0.25, 0.3) is 0 Å². The van der Waals surface area contributed by atoms with Gasteiger partial charge in [-0.25, -0.2) is 4.98 Å². The summed E-state index contributed by atoms with van der Waals surface area (Å²) in [5.74, 6) is 0.796. The van der Waals surface area contributed by atoms with Gasteiger partial charge in [0.05, 0.1) is 10.7 Å². The highest BCUT2D eigenvalue weighted by Gasteiger charge is 2.03. The van der Waals surface area contributed by atoms with Crippen LogP contribution in [0.2, 0.25) is 0 Å². The van der Waals surface area contributed by atoms with Gasteiger partial charge in [-0.3, -0.25) is 9.79 Å². The van der Waals surface area contributed by atoms with Crippen molar-refractivity contribution in [2.75, 3.05) is 18.9 Å². The maximum absolute atomic E-state index is 11.7. The Hall–Kier alpha value is -1.68. The lowest BCUT2D eigenvalue weighted by atomic mass is 10.2. The zero-order valence-electron chi connectivity index (χ0n) is 16.0. The molecule has 0 fully saturated rings. The molecule has 1 aromatic carbocycles. The molecule has 1 heterocycles. The summed E-state index contributed by atoms with van der Waals surface area (Å²) >= 11 is 1.67.